The number of carbonyl (C=O) groups excluding carboxylic acids is 2. The number of benzene rings is 2. The van der Waals surface area contributed by atoms with Crippen LogP contribution in [0.4, 0.5) is 22.7 Å². The van der Waals surface area contributed by atoms with Crippen molar-refractivity contribution in [3.63, 3.8) is 0 Å². The fraction of sp³-hybridized carbons (Fsp3) is 0.417. The Morgan fingerprint density at radius 3 is 1.65 bits per heavy atom. The molecule has 2 atom stereocenters. The maximum Gasteiger partial charge on any atom is 0.229 e. The van der Waals surface area contributed by atoms with E-state index in [0.29, 0.717) is 39.4 Å². The topological polar surface area (TPSA) is 73.9 Å². The van der Waals surface area contributed by atoms with Crippen LogP contribution in [0.2, 0.25) is 0 Å². The molecule has 0 saturated heterocycles. The van der Waals surface area contributed by atoms with Gasteiger partial charge in [0.2, 0.25) is 11.8 Å². The average Bonchev–Trinajstić information content (AvgIpc) is 2.96. The summed E-state index contributed by atoms with van der Waals surface area (Å²) < 4.78 is 5.98. The van der Waals surface area contributed by atoms with Gasteiger partial charge in [-0.25, -0.2) is 0 Å². The summed E-state index contributed by atoms with van der Waals surface area (Å²) in [4.78, 5) is 28.9. The summed E-state index contributed by atoms with van der Waals surface area (Å²) in [5, 5.41) is 6.02. The second kappa shape index (κ2) is 9.39. The summed E-state index contributed by atoms with van der Waals surface area (Å²) in [7, 11) is 0. The van der Waals surface area contributed by atoms with Crippen LogP contribution in [-0.4, -0.2) is 51.2 Å². The zero-order valence-corrected chi connectivity index (χ0v) is 18.1. The molecule has 2 amide bonds. The largest absolute Gasteiger partial charge is 0.378 e. The van der Waals surface area contributed by atoms with E-state index in [1.807, 2.05) is 62.4 Å². The highest BCUT2D eigenvalue weighted by Crippen LogP contribution is 2.30. The Morgan fingerprint density at radius 2 is 1.19 bits per heavy atom. The molecule has 0 aromatic heterocycles. The number of carbonyl (C=O) groups is 2. The molecule has 2 aromatic carbocycles. The van der Waals surface area contributed by atoms with Crippen LogP contribution in [0.1, 0.15) is 13.8 Å². The normalized spacial score (nSPS) is 20.8. The van der Waals surface area contributed by atoms with E-state index in [2.05, 4.69) is 20.4 Å². The molecule has 2 aromatic rings. The van der Waals surface area contributed by atoms with E-state index in [0.717, 1.165) is 22.7 Å². The van der Waals surface area contributed by atoms with Gasteiger partial charge in [0.1, 0.15) is 0 Å². The smallest absolute Gasteiger partial charge is 0.229 e. The highest BCUT2D eigenvalue weighted by atomic mass is 16.5. The lowest BCUT2D eigenvalue weighted by Crippen LogP contribution is -2.35. The van der Waals surface area contributed by atoms with Gasteiger partial charge in [-0.2, -0.15) is 0 Å². The van der Waals surface area contributed by atoms with Crippen LogP contribution < -0.4 is 20.4 Å². The molecule has 2 N–H and O–H groups in total. The molecule has 2 heterocycles. The first-order chi connectivity index (χ1) is 15.0. The zero-order chi connectivity index (χ0) is 21.8. The highest BCUT2D eigenvalue weighted by molar-refractivity contribution is 5.98. The Balaban J connectivity index is 1.33. The Labute approximate surface area is 183 Å². The van der Waals surface area contributed by atoms with E-state index in [4.69, 9.17) is 4.74 Å². The first kappa shape index (κ1) is 21.2. The summed E-state index contributed by atoms with van der Waals surface area (Å²) in [6.45, 7) is 7.78. The number of rotatable bonds is 6. The number of hydrogen-bond acceptors (Lipinski definition) is 5. The molecule has 0 radical (unpaired) electrons. The first-order valence-electron chi connectivity index (χ1n) is 10.9. The van der Waals surface area contributed by atoms with Gasteiger partial charge in [0.05, 0.1) is 47.8 Å². The molecular weight excluding hydrogens is 392 g/mol. The maximum absolute atomic E-state index is 12.2. The number of amides is 2. The van der Waals surface area contributed by atoms with Crippen molar-refractivity contribution in [3.8, 4) is 0 Å². The Bertz CT molecular complexity index is 872. The minimum atomic E-state index is -0.0903. The van der Waals surface area contributed by atoms with Gasteiger partial charge < -0.3 is 25.2 Å². The molecule has 0 saturated carbocycles. The van der Waals surface area contributed by atoms with Crippen molar-refractivity contribution >= 4 is 34.6 Å². The maximum atomic E-state index is 12.2. The van der Waals surface area contributed by atoms with Crippen LogP contribution in [0.5, 0.6) is 0 Å². The van der Waals surface area contributed by atoms with E-state index in [1.54, 1.807) is 0 Å². The minimum Gasteiger partial charge on any atom is -0.378 e. The van der Waals surface area contributed by atoms with Crippen LogP contribution in [0, 0.1) is 11.8 Å². The number of anilines is 4. The van der Waals surface area contributed by atoms with Gasteiger partial charge >= 0.3 is 0 Å². The van der Waals surface area contributed by atoms with E-state index in [9.17, 15) is 9.59 Å². The van der Waals surface area contributed by atoms with Gasteiger partial charge in [0, 0.05) is 26.2 Å². The Morgan fingerprint density at radius 1 is 0.774 bits per heavy atom. The molecule has 164 valence electrons. The Kier molecular flexibility index (Phi) is 6.42. The zero-order valence-electron chi connectivity index (χ0n) is 18.1. The molecule has 2 aliphatic heterocycles. The standard InChI is InChI=1S/C24H30N4O3/c1-17-15-27(21-9-5-3-7-19(21)25-23(17)29)11-13-31-14-12-28-16-18(2)24(30)26-20-8-4-6-10-22(20)28/h3-10,17-18H,11-16H2,1-2H3,(H,25,29)(H,26,30). The molecule has 0 fully saturated rings. The number of nitrogens with one attached hydrogen (secondary N) is 2. The van der Waals surface area contributed by atoms with Crippen molar-refractivity contribution in [2.75, 3.05) is 59.8 Å². The average molecular weight is 423 g/mol. The predicted molar refractivity (Wildman–Crippen MR) is 124 cm³/mol. The van der Waals surface area contributed by atoms with Crippen molar-refractivity contribution in [3.05, 3.63) is 48.5 Å². The SMILES string of the molecule is CC1CN(CCOCCN2CC(C)C(=O)Nc3ccccc32)c2ccccc2NC1=O. The second-order valence-corrected chi connectivity index (χ2v) is 8.32. The molecule has 2 aliphatic rings. The van der Waals surface area contributed by atoms with Crippen molar-refractivity contribution in [2.24, 2.45) is 11.8 Å². The summed E-state index contributed by atoms with van der Waals surface area (Å²) in [6, 6.07) is 15.8. The van der Waals surface area contributed by atoms with E-state index < -0.39 is 0 Å². The molecular formula is C24H30N4O3. The third-order valence-electron chi connectivity index (χ3n) is 5.90. The second-order valence-electron chi connectivity index (χ2n) is 8.32. The van der Waals surface area contributed by atoms with Gasteiger partial charge in [-0.15, -0.1) is 0 Å². The van der Waals surface area contributed by atoms with Crippen molar-refractivity contribution < 1.29 is 14.3 Å². The Hall–Kier alpha value is -3.06. The van der Waals surface area contributed by atoms with Gasteiger partial charge in [-0.3, -0.25) is 9.59 Å². The molecule has 0 spiro atoms. The third kappa shape index (κ3) is 4.82. The van der Waals surface area contributed by atoms with Crippen LogP contribution >= 0.6 is 0 Å². The quantitative estimate of drug-likeness (QED) is 0.700. The number of hydrogen-bond donors (Lipinski definition) is 2. The van der Waals surface area contributed by atoms with Gasteiger partial charge in [-0.1, -0.05) is 38.1 Å². The molecule has 2 unspecified atom stereocenters. The first-order valence-corrected chi connectivity index (χ1v) is 10.9. The van der Waals surface area contributed by atoms with E-state index in [-0.39, 0.29) is 23.7 Å². The molecule has 4 rings (SSSR count). The van der Waals surface area contributed by atoms with Gasteiger partial charge in [-0.05, 0) is 24.3 Å². The lowest BCUT2D eigenvalue weighted by molar-refractivity contribution is -0.119. The van der Waals surface area contributed by atoms with E-state index >= 15 is 0 Å². The molecule has 0 aliphatic carbocycles. The van der Waals surface area contributed by atoms with Crippen molar-refractivity contribution in [2.45, 2.75) is 13.8 Å². The fourth-order valence-corrected chi connectivity index (χ4v) is 4.12. The molecule has 7 nitrogen and oxygen atoms in total. The summed E-state index contributed by atoms with van der Waals surface area (Å²) in [6.07, 6.45) is 0. The van der Waals surface area contributed by atoms with Gasteiger partial charge in [0.25, 0.3) is 0 Å². The summed E-state index contributed by atoms with van der Waals surface area (Å²) >= 11 is 0. The third-order valence-corrected chi connectivity index (χ3v) is 5.90. The van der Waals surface area contributed by atoms with Crippen LogP contribution in [0.3, 0.4) is 0 Å². The van der Waals surface area contributed by atoms with Crippen LogP contribution in [-0.2, 0) is 14.3 Å². The number of para-hydroxylation sites is 4. The van der Waals surface area contributed by atoms with Crippen molar-refractivity contribution in [1.29, 1.82) is 0 Å². The molecule has 31 heavy (non-hydrogen) atoms. The lowest BCUT2D eigenvalue weighted by atomic mass is 10.1. The fourth-order valence-electron chi connectivity index (χ4n) is 4.12. The number of ether oxygens (including phenoxy) is 1. The van der Waals surface area contributed by atoms with E-state index in [1.165, 1.54) is 0 Å². The predicted octanol–water partition coefficient (Wildman–Crippen LogP) is 3.19. The van der Waals surface area contributed by atoms with Gasteiger partial charge in [0.15, 0.2) is 0 Å². The summed E-state index contributed by atoms with van der Waals surface area (Å²) in [5.74, 6) is -0.0824. The molecule has 7 heteroatoms. The number of fused-ring (bicyclic) bond motifs is 2. The highest BCUT2D eigenvalue weighted by Gasteiger charge is 2.25. The monoisotopic (exact) mass is 422 g/mol. The van der Waals surface area contributed by atoms with Crippen LogP contribution in [0.25, 0.3) is 0 Å². The summed E-state index contributed by atoms with van der Waals surface area (Å²) in [5.41, 5.74) is 3.76. The lowest BCUT2D eigenvalue weighted by Gasteiger charge is -2.27. The molecule has 0 bridgehead atoms. The number of nitrogens with zero attached hydrogens (tertiary/aromatic N) is 2. The van der Waals surface area contributed by atoms with Crippen molar-refractivity contribution in [1.82, 2.24) is 0 Å². The van der Waals surface area contributed by atoms with Crippen LogP contribution in [0.15, 0.2) is 48.5 Å². The minimum absolute atomic E-state index is 0.0490.